The van der Waals surface area contributed by atoms with Gasteiger partial charge in [0, 0.05) is 18.2 Å². The van der Waals surface area contributed by atoms with E-state index in [4.69, 9.17) is 14.6 Å². The maximum atomic E-state index is 12.6. The lowest BCUT2D eigenvalue weighted by Crippen LogP contribution is -2.38. The lowest BCUT2D eigenvalue weighted by Gasteiger charge is -2.24. The number of carboxylic acid groups (broad SMARTS) is 1. The van der Waals surface area contributed by atoms with Gasteiger partial charge in [-0.1, -0.05) is 6.92 Å². The highest BCUT2D eigenvalue weighted by Gasteiger charge is 2.35. The summed E-state index contributed by atoms with van der Waals surface area (Å²) in [6, 6.07) is 5.22. The second kappa shape index (κ2) is 5.27. The Kier molecular flexibility index (Phi) is 3.45. The second-order valence-corrected chi connectivity index (χ2v) is 5.50. The Morgan fingerprint density at radius 3 is 2.71 bits per heavy atom. The van der Waals surface area contributed by atoms with Crippen molar-refractivity contribution in [3.63, 3.8) is 0 Å². The topological polar surface area (TPSA) is 76.1 Å². The van der Waals surface area contributed by atoms with E-state index >= 15 is 0 Å². The number of carbonyl (C=O) groups is 2. The Hall–Kier alpha value is -2.24. The predicted molar refractivity (Wildman–Crippen MR) is 73.4 cm³/mol. The van der Waals surface area contributed by atoms with Gasteiger partial charge in [-0.2, -0.15) is 0 Å². The summed E-state index contributed by atoms with van der Waals surface area (Å²) in [5, 5.41) is 9.04. The Labute approximate surface area is 122 Å². The van der Waals surface area contributed by atoms with E-state index in [0.29, 0.717) is 17.1 Å². The summed E-state index contributed by atoms with van der Waals surface area (Å²) in [7, 11) is 0. The van der Waals surface area contributed by atoms with Gasteiger partial charge in [-0.15, -0.1) is 0 Å². The summed E-state index contributed by atoms with van der Waals surface area (Å²) in [4.78, 5) is 25.3. The zero-order chi connectivity index (χ0) is 15.0. The van der Waals surface area contributed by atoms with E-state index in [1.165, 1.54) is 0 Å². The molecular formula is C15H17NO5. The molecule has 3 rings (SSSR count). The van der Waals surface area contributed by atoms with E-state index < -0.39 is 11.9 Å². The third-order valence-corrected chi connectivity index (χ3v) is 3.76. The molecule has 2 aliphatic rings. The quantitative estimate of drug-likeness (QED) is 0.894. The number of carboxylic acids is 1. The molecule has 1 unspecified atom stereocenters. The average molecular weight is 291 g/mol. The largest absolute Gasteiger partial charge is 0.481 e. The lowest BCUT2D eigenvalue weighted by atomic mass is 10.1. The molecule has 6 heteroatoms. The molecule has 0 spiro atoms. The number of ether oxygens (including phenoxy) is 2. The van der Waals surface area contributed by atoms with E-state index in [1.807, 2.05) is 0 Å². The zero-order valence-electron chi connectivity index (χ0n) is 11.7. The number of amides is 1. The highest BCUT2D eigenvalue weighted by atomic mass is 16.7. The van der Waals surface area contributed by atoms with Crippen molar-refractivity contribution in [3.8, 4) is 11.5 Å². The van der Waals surface area contributed by atoms with Crippen LogP contribution in [0.3, 0.4) is 0 Å². The molecule has 1 N–H and O–H groups in total. The number of benzene rings is 1. The summed E-state index contributed by atoms with van der Waals surface area (Å²) in [5.74, 6) is -0.432. The van der Waals surface area contributed by atoms with Gasteiger partial charge < -0.3 is 19.5 Å². The van der Waals surface area contributed by atoms with Crippen LogP contribution in [0.4, 0.5) is 0 Å². The molecule has 21 heavy (non-hydrogen) atoms. The van der Waals surface area contributed by atoms with Crippen molar-refractivity contribution in [2.24, 2.45) is 5.92 Å². The van der Waals surface area contributed by atoms with Gasteiger partial charge in [-0.05, 0) is 31.0 Å². The van der Waals surface area contributed by atoms with Gasteiger partial charge >= 0.3 is 5.97 Å². The summed E-state index contributed by atoms with van der Waals surface area (Å²) in [5.41, 5.74) is 0.503. The molecule has 1 aromatic carbocycles. The molecule has 0 bridgehead atoms. The highest BCUT2D eigenvalue weighted by molar-refractivity contribution is 5.95. The highest BCUT2D eigenvalue weighted by Crippen LogP contribution is 2.34. The molecule has 1 aromatic rings. The van der Waals surface area contributed by atoms with E-state index in [0.717, 1.165) is 12.8 Å². The first-order valence-electron chi connectivity index (χ1n) is 6.99. The van der Waals surface area contributed by atoms with Crippen LogP contribution in [0.15, 0.2) is 18.2 Å². The fourth-order valence-electron chi connectivity index (χ4n) is 2.35. The van der Waals surface area contributed by atoms with Crippen LogP contribution in [0, 0.1) is 5.92 Å². The normalized spacial score (nSPS) is 17.4. The number of hydrogen-bond donors (Lipinski definition) is 1. The van der Waals surface area contributed by atoms with Crippen molar-refractivity contribution in [1.82, 2.24) is 4.90 Å². The van der Waals surface area contributed by atoms with Crippen LogP contribution in [0.1, 0.15) is 30.1 Å². The molecule has 1 aliphatic carbocycles. The molecule has 1 aliphatic heterocycles. The summed E-state index contributed by atoms with van der Waals surface area (Å²) in [6.07, 6.45) is 1.87. The molecular weight excluding hydrogens is 274 g/mol. The predicted octanol–water partition coefficient (Wildman–Crippen LogP) is 1.74. The zero-order valence-corrected chi connectivity index (χ0v) is 11.7. The van der Waals surface area contributed by atoms with Crippen LogP contribution in [-0.2, 0) is 4.79 Å². The van der Waals surface area contributed by atoms with Gasteiger partial charge in [-0.3, -0.25) is 9.59 Å². The summed E-state index contributed by atoms with van der Waals surface area (Å²) < 4.78 is 10.5. The smallest absolute Gasteiger partial charge is 0.308 e. The minimum atomic E-state index is -0.890. The molecule has 0 saturated heterocycles. The standard InChI is InChI=1S/C15H17NO5/c1-9(15(18)19)7-16(11-3-4-11)14(17)10-2-5-12-13(6-10)21-8-20-12/h2,5-6,9,11H,3-4,7-8H2,1H3,(H,18,19). The first-order chi connectivity index (χ1) is 10.1. The van der Waals surface area contributed by atoms with Crippen LogP contribution in [0.2, 0.25) is 0 Å². The first-order valence-corrected chi connectivity index (χ1v) is 6.99. The van der Waals surface area contributed by atoms with Crippen molar-refractivity contribution in [1.29, 1.82) is 0 Å². The molecule has 1 amide bonds. The Bertz CT molecular complexity index is 581. The number of aliphatic carboxylic acids is 1. The van der Waals surface area contributed by atoms with Crippen molar-refractivity contribution in [2.75, 3.05) is 13.3 Å². The maximum absolute atomic E-state index is 12.6. The van der Waals surface area contributed by atoms with Gasteiger partial charge in [0.1, 0.15) is 0 Å². The van der Waals surface area contributed by atoms with Crippen LogP contribution in [0.25, 0.3) is 0 Å². The molecule has 1 atom stereocenters. The summed E-state index contributed by atoms with van der Waals surface area (Å²) >= 11 is 0. The third kappa shape index (κ3) is 2.79. The van der Waals surface area contributed by atoms with Crippen LogP contribution >= 0.6 is 0 Å². The minimum Gasteiger partial charge on any atom is -0.481 e. The molecule has 6 nitrogen and oxygen atoms in total. The fourth-order valence-corrected chi connectivity index (χ4v) is 2.35. The van der Waals surface area contributed by atoms with Crippen molar-refractivity contribution in [2.45, 2.75) is 25.8 Å². The molecule has 0 aromatic heterocycles. The van der Waals surface area contributed by atoms with E-state index in [2.05, 4.69) is 0 Å². The Balaban J connectivity index is 1.79. The average Bonchev–Trinajstić information content (AvgIpc) is 3.20. The van der Waals surface area contributed by atoms with Gasteiger partial charge in [0.05, 0.1) is 5.92 Å². The second-order valence-electron chi connectivity index (χ2n) is 5.50. The van der Waals surface area contributed by atoms with Gasteiger partial charge in [0.25, 0.3) is 5.91 Å². The number of carbonyl (C=O) groups excluding carboxylic acids is 1. The molecule has 1 fully saturated rings. The van der Waals surface area contributed by atoms with Crippen LogP contribution in [-0.4, -0.2) is 41.3 Å². The van der Waals surface area contributed by atoms with Gasteiger partial charge in [-0.25, -0.2) is 0 Å². The number of hydrogen-bond acceptors (Lipinski definition) is 4. The fraction of sp³-hybridized carbons (Fsp3) is 0.467. The molecule has 112 valence electrons. The number of rotatable bonds is 5. The van der Waals surface area contributed by atoms with E-state index in [1.54, 1.807) is 30.0 Å². The summed E-state index contributed by atoms with van der Waals surface area (Å²) in [6.45, 7) is 2.01. The monoisotopic (exact) mass is 291 g/mol. The van der Waals surface area contributed by atoms with Crippen LogP contribution in [0.5, 0.6) is 11.5 Å². The van der Waals surface area contributed by atoms with E-state index in [9.17, 15) is 9.59 Å². The molecule has 1 saturated carbocycles. The molecule has 0 radical (unpaired) electrons. The van der Waals surface area contributed by atoms with Crippen LogP contribution < -0.4 is 9.47 Å². The SMILES string of the molecule is CC(CN(C(=O)c1ccc2c(c1)OCO2)C1CC1)C(=O)O. The van der Waals surface area contributed by atoms with E-state index in [-0.39, 0.29) is 25.3 Å². The maximum Gasteiger partial charge on any atom is 0.308 e. The van der Waals surface area contributed by atoms with Gasteiger partial charge in [0.2, 0.25) is 6.79 Å². The van der Waals surface area contributed by atoms with Gasteiger partial charge in [0.15, 0.2) is 11.5 Å². The van der Waals surface area contributed by atoms with Crippen molar-refractivity contribution < 1.29 is 24.2 Å². The number of fused-ring (bicyclic) bond motifs is 1. The third-order valence-electron chi connectivity index (χ3n) is 3.76. The Morgan fingerprint density at radius 2 is 2.05 bits per heavy atom. The van der Waals surface area contributed by atoms with Crippen molar-refractivity contribution >= 4 is 11.9 Å². The number of nitrogens with zero attached hydrogens (tertiary/aromatic N) is 1. The Morgan fingerprint density at radius 1 is 1.33 bits per heavy atom. The first kappa shape index (κ1) is 13.7. The minimum absolute atomic E-state index is 0.149. The lowest BCUT2D eigenvalue weighted by molar-refractivity contribution is -0.141. The molecule has 1 heterocycles. The van der Waals surface area contributed by atoms with Crippen molar-refractivity contribution in [3.05, 3.63) is 23.8 Å².